The lowest BCUT2D eigenvalue weighted by atomic mass is 9.82. The number of nitrogens with zero attached hydrogens (tertiary/aromatic N) is 3. The van der Waals surface area contributed by atoms with Crippen molar-refractivity contribution in [3.63, 3.8) is 0 Å². The molecule has 1 aliphatic rings. The number of aromatic nitrogens is 2. The molecular formula is C17H25N3OS. The Morgan fingerprint density at radius 3 is 2.73 bits per heavy atom. The molecule has 1 aliphatic carbocycles. The fourth-order valence-electron chi connectivity index (χ4n) is 3.27. The SMILES string of the molecule is Cc1nc(N(C)CC2CC(O)C2)c2c(CC(C)C)csc2n1. The Bertz CT molecular complexity index is 661. The predicted molar refractivity (Wildman–Crippen MR) is 92.7 cm³/mol. The zero-order chi connectivity index (χ0) is 15.9. The van der Waals surface area contributed by atoms with Crippen LogP contribution in [-0.2, 0) is 6.42 Å². The molecule has 120 valence electrons. The number of thiophene rings is 1. The summed E-state index contributed by atoms with van der Waals surface area (Å²) in [6.45, 7) is 7.42. The van der Waals surface area contributed by atoms with E-state index in [4.69, 9.17) is 4.98 Å². The molecule has 2 aromatic rings. The van der Waals surface area contributed by atoms with Gasteiger partial charge in [-0.3, -0.25) is 0 Å². The van der Waals surface area contributed by atoms with Gasteiger partial charge in [0.1, 0.15) is 16.5 Å². The van der Waals surface area contributed by atoms with Crippen LogP contribution >= 0.6 is 11.3 Å². The number of aliphatic hydroxyl groups excluding tert-OH is 1. The second-order valence-corrected chi connectivity index (χ2v) is 7.86. The van der Waals surface area contributed by atoms with Gasteiger partial charge in [0, 0.05) is 13.6 Å². The summed E-state index contributed by atoms with van der Waals surface area (Å²) >= 11 is 1.72. The summed E-state index contributed by atoms with van der Waals surface area (Å²) in [4.78, 5) is 12.7. The number of aliphatic hydroxyl groups is 1. The summed E-state index contributed by atoms with van der Waals surface area (Å²) in [7, 11) is 2.11. The zero-order valence-electron chi connectivity index (χ0n) is 13.8. The second-order valence-electron chi connectivity index (χ2n) is 7.01. The van der Waals surface area contributed by atoms with Crippen LogP contribution in [0.15, 0.2) is 5.38 Å². The van der Waals surface area contributed by atoms with Gasteiger partial charge in [-0.25, -0.2) is 9.97 Å². The third-order valence-electron chi connectivity index (χ3n) is 4.34. The van der Waals surface area contributed by atoms with Crippen molar-refractivity contribution >= 4 is 27.4 Å². The molecule has 0 amide bonds. The molecule has 0 aromatic carbocycles. The minimum atomic E-state index is -0.0943. The van der Waals surface area contributed by atoms with Crippen LogP contribution in [0.2, 0.25) is 0 Å². The molecule has 0 unspecified atom stereocenters. The van der Waals surface area contributed by atoms with Crippen molar-refractivity contribution in [3.05, 3.63) is 16.8 Å². The summed E-state index contributed by atoms with van der Waals surface area (Å²) in [6.07, 6.45) is 2.80. The Morgan fingerprint density at radius 1 is 1.36 bits per heavy atom. The maximum Gasteiger partial charge on any atom is 0.141 e. The van der Waals surface area contributed by atoms with Crippen molar-refractivity contribution in [1.29, 1.82) is 0 Å². The Labute approximate surface area is 136 Å². The molecule has 0 atom stereocenters. The summed E-state index contributed by atoms with van der Waals surface area (Å²) in [5.41, 5.74) is 1.37. The van der Waals surface area contributed by atoms with E-state index in [1.54, 1.807) is 11.3 Å². The third kappa shape index (κ3) is 3.10. The molecule has 0 spiro atoms. The van der Waals surface area contributed by atoms with E-state index in [1.165, 1.54) is 10.9 Å². The molecule has 0 radical (unpaired) electrons. The van der Waals surface area contributed by atoms with Crippen molar-refractivity contribution < 1.29 is 5.11 Å². The van der Waals surface area contributed by atoms with E-state index in [1.807, 2.05) is 6.92 Å². The highest BCUT2D eigenvalue weighted by Gasteiger charge is 2.29. The van der Waals surface area contributed by atoms with Crippen molar-refractivity contribution in [2.75, 3.05) is 18.5 Å². The molecule has 1 fully saturated rings. The molecule has 0 bridgehead atoms. The fraction of sp³-hybridized carbons (Fsp3) is 0.647. The minimum absolute atomic E-state index is 0.0943. The summed E-state index contributed by atoms with van der Waals surface area (Å²) < 4.78 is 0. The predicted octanol–water partition coefficient (Wildman–Crippen LogP) is 3.41. The first-order valence-corrected chi connectivity index (χ1v) is 8.96. The molecule has 1 saturated carbocycles. The van der Waals surface area contributed by atoms with E-state index in [2.05, 4.69) is 36.2 Å². The Morgan fingerprint density at radius 2 is 2.09 bits per heavy atom. The second kappa shape index (κ2) is 6.13. The quantitative estimate of drug-likeness (QED) is 0.917. The van der Waals surface area contributed by atoms with Gasteiger partial charge in [0.15, 0.2) is 0 Å². The number of hydrogen-bond donors (Lipinski definition) is 1. The molecule has 22 heavy (non-hydrogen) atoms. The fourth-order valence-corrected chi connectivity index (χ4v) is 4.27. The van der Waals surface area contributed by atoms with Crippen LogP contribution in [0.25, 0.3) is 10.2 Å². The lowest BCUT2D eigenvalue weighted by Crippen LogP contribution is -2.37. The van der Waals surface area contributed by atoms with Crippen LogP contribution in [0.5, 0.6) is 0 Å². The van der Waals surface area contributed by atoms with Gasteiger partial charge in [-0.05, 0) is 49.0 Å². The molecule has 3 rings (SSSR count). The number of hydrogen-bond acceptors (Lipinski definition) is 5. The normalized spacial score (nSPS) is 21.4. The Balaban J connectivity index is 1.93. The van der Waals surface area contributed by atoms with Crippen molar-refractivity contribution in [3.8, 4) is 0 Å². The lowest BCUT2D eigenvalue weighted by Gasteiger charge is -2.35. The van der Waals surface area contributed by atoms with Gasteiger partial charge < -0.3 is 10.0 Å². The number of anilines is 1. The van der Waals surface area contributed by atoms with E-state index >= 15 is 0 Å². The molecule has 5 heteroatoms. The molecule has 0 saturated heterocycles. The monoisotopic (exact) mass is 319 g/mol. The topological polar surface area (TPSA) is 49.2 Å². The van der Waals surface area contributed by atoms with Crippen molar-refractivity contribution in [1.82, 2.24) is 9.97 Å². The lowest BCUT2D eigenvalue weighted by molar-refractivity contribution is 0.0464. The van der Waals surface area contributed by atoms with Crippen LogP contribution in [0.1, 0.15) is 38.1 Å². The van der Waals surface area contributed by atoms with Crippen LogP contribution in [-0.4, -0.2) is 34.8 Å². The molecule has 2 aromatic heterocycles. The van der Waals surface area contributed by atoms with Crippen molar-refractivity contribution in [2.24, 2.45) is 11.8 Å². The molecular weight excluding hydrogens is 294 g/mol. The molecule has 2 heterocycles. The maximum atomic E-state index is 9.49. The first-order valence-electron chi connectivity index (χ1n) is 8.08. The van der Waals surface area contributed by atoms with Gasteiger partial charge in [0.25, 0.3) is 0 Å². The van der Waals surface area contributed by atoms with Crippen LogP contribution in [0, 0.1) is 18.8 Å². The van der Waals surface area contributed by atoms with E-state index in [0.717, 1.165) is 42.3 Å². The van der Waals surface area contributed by atoms with E-state index in [9.17, 15) is 5.11 Å². The van der Waals surface area contributed by atoms with Crippen molar-refractivity contribution in [2.45, 2.75) is 46.1 Å². The number of fused-ring (bicyclic) bond motifs is 1. The van der Waals surface area contributed by atoms with Gasteiger partial charge in [-0.15, -0.1) is 11.3 Å². The summed E-state index contributed by atoms with van der Waals surface area (Å²) in [6, 6.07) is 0. The largest absolute Gasteiger partial charge is 0.393 e. The zero-order valence-corrected chi connectivity index (χ0v) is 14.7. The van der Waals surface area contributed by atoms with Gasteiger partial charge in [0.2, 0.25) is 0 Å². The third-order valence-corrected chi connectivity index (χ3v) is 5.26. The smallest absolute Gasteiger partial charge is 0.141 e. The summed E-state index contributed by atoms with van der Waals surface area (Å²) in [5.74, 6) is 3.10. The van der Waals surface area contributed by atoms with Gasteiger partial charge in [0.05, 0.1) is 11.5 Å². The van der Waals surface area contributed by atoms with E-state index in [-0.39, 0.29) is 6.10 Å². The molecule has 1 N–H and O–H groups in total. The van der Waals surface area contributed by atoms with Crippen LogP contribution in [0.3, 0.4) is 0 Å². The molecule has 4 nitrogen and oxygen atoms in total. The number of aryl methyl sites for hydroxylation is 1. The van der Waals surface area contributed by atoms with Crippen LogP contribution < -0.4 is 4.90 Å². The maximum absolute atomic E-state index is 9.49. The highest BCUT2D eigenvalue weighted by Crippen LogP contribution is 2.35. The number of rotatable bonds is 5. The first-order chi connectivity index (χ1) is 10.4. The Hall–Kier alpha value is -1.20. The van der Waals surface area contributed by atoms with Gasteiger partial charge >= 0.3 is 0 Å². The average molecular weight is 319 g/mol. The summed E-state index contributed by atoms with van der Waals surface area (Å²) in [5, 5.41) is 13.0. The standard InChI is InChI=1S/C17H25N3OS/c1-10(2)5-13-9-22-17-15(13)16(18-11(3)19-17)20(4)8-12-6-14(21)7-12/h9-10,12,14,21H,5-8H2,1-4H3. The molecule has 0 aliphatic heterocycles. The van der Waals surface area contributed by atoms with Crippen LogP contribution in [0.4, 0.5) is 5.82 Å². The highest BCUT2D eigenvalue weighted by molar-refractivity contribution is 7.17. The minimum Gasteiger partial charge on any atom is -0.393 e. The van der Waals surface area contributed by atoms with E-state index in [0.29, 0.717) is 11.8 Å². The van der Waals surface area contributed by atoms with E-state index < -0.39 is 0 Å². The average Bonchev–Trinajstić information content (AvgIpc) is 2.78. The first kappa shape index (κ1) is 15.7. The van der Waals surface area contributed by atoms with Gasteiger partial charge in [-0.2, -0.15) is 0 Å². The van der Waals surface area contributed by atoms with Gasteiger partial charge in [-0.1, -0.05) is 13.8 Å². The Kier molecular flexibility index (Phi) is 4.37. The highest BCUT2D eigenvalue weighted by atomic mass is 32.1.